The van der Waals surface area contributed by atoms with E-state index < -0.39 is 12.0 Å². The van der Waals surface area contributed by atoms with Gasteiger partial charge >= 0.3 is 0 Å². The van der Waals surface area contributed by atoms with Crippen LogP contribution in [0, 0.1) is 3.70 Å². The second kappa shape index (κ2) is 4.28. The van der Waals surface area contributed by atoms with Crippen molar-refractivity contribution in [3.05, 3.63) is 26.0 Å². The van der Waals surface area contributed by atoms with E-state index in [0.29, 0.717) is 9.99 Å². The number of hydrogen-bond donors (Lipinski definition) is 0. The van der Waals surface area contributed by atoms with Gasteiger partial charge in [-0.1, -0.05) is 11.6 Å². The highest BCUT2D eigenvalue weighted by molar-refractivity contribution is 14.1. The maximum atomic E-state index is 12.3. The highest BCUT2D eigenvalue weighted by Crippen LogP contribution is 2.28. The van der Waals surface area contributed by atoms with Crippen LogP contribution >= 0.6 is 34.2 Å². The maximum absolute atomic E-state index is 12.3. The van der Waals surface area contributed by atoms with E-state index in [1.807, 2.05) is 0 Å². The molecule has 0 N–H and O–H groups in total. The van der Waals surface area contributed by atoms with Crippen molar-refractivity contribution >= 4 is 40.5 Å². The second-order valence-corrected chi connectivity index (χ2v) is 3.55. The van der Waals surface area contributed by atoms with Gasteiger partial charge in [-0.05, 0) is 22.6 Å². The van der Waals surface area contributed by atoms with E-state index in [-0.39, 0.29) is 10.6 Å². The molecule has 1 heterocycles. The minimum atomic E-state index is -2.73. The Hall–Kier alpha value is -0.300. The third kappa shape index (κ3) is 2.14. The number of aromatic nitrogens is 1. The first-order valence-corrected chi connectivity index (χ1v) is 4.60. The van der Waals surface area contributed by atoms with Gasteiger partial charge < -0.3 is 0 Å². The molecule has 0 radical (unpaired) electrons. The number of carbonyl (C=O) groups excluding carboxylic acids is 1. The lowest BCUT2D eigenvalue weighted by molar-refractivity contribution is 0.110. The first-order chi connectivity index (χ1) is 6.07. The van der Waals surface area contributed by atoms with Gasteiger partial charge in [0.05, 0.1) is 5.02 Å². The third-order valence-corrected chi connectivity index (χ3v) is 2.92. The van der Waals surface area contributed by atoms with Crippen molar-refractivity contribution in [1.82, 2.24) is 4.98 Å². The molecule has 0 aliphatic carbocycles. The maximum Gasteiger partial charge on any atom is 0.266 e. The molecule has 0 saturated heterocycles. The molecule has 0 amide bonds. The Balaban J connectivity index is 3.38. The summed E-state index contributed by atoms with van der Waals surface area (Å²) >= 11 is 7.37. The summed E-state index contributed by atoms with van der Waals surface area (Å²) in [4.78, 5) is 14.1. The largest absolute Gasteiger partial charge is 0.298 e. The van der Waals surface area contributed by atoms with Gasteiger partial charge in [0.2, 0.25) is 0 Å². The summed E-state index contributed by atoms with van der Waals surface area (Å²) in [5.74, 6) is 0. The number of hydrogen-bond acceptors (Lipinski definition) is 2. The summed E-state index contributed by atoms with van der Waals surface area (Å²) in [7, 11) is 0. The third-order valence-electron chi connectivity index (χ3n) is 1.40. The van der Waals surface area contributed by atoms with Gasteiger partial charge in [0.15, 0.2) is 6.29 Å². The average Bonchev–Trinajstić information content (AvgIpc) is 2.09. The molecule has 0 aliphatic rings. The fourth-order valence-corrected chi connectivity index (χ4v) is 1.42. The Bertz CT molecular complexity index is 346. The van der Waals surface area contributed by atoms with Crippen LogP contribution in [0.4, 0.5) is 8.78 Å². The van der Waals surface area contributed by atoms with Crippen LogP contribution in [-0.4, -0.2) is 11.3 Å². The van der Waals surface area contributed by atoms with Crippen molar-refractivity contribution in [3.63, 3.8) is 0 Å². The molecule has 0 unspecified atom stereocenters. The lowest BCUT2D eigenvalue weighted by atomic mass is 10.2. The molecule has 13 heavy (non-hydrogen) atoms. The number of halogens is 4. The molecule has 0 fully saturated rings. The van der Waals surface area contributed by atoms with Gasteiger partial charge in [-0.25, -0.2) is 13.8 Å². The van der Waals surface area contributed by atoms with E-state index >= 15 is 0 Å². The molecule has 0 aromatic carbocycles. The van der Waals surface area contributed by atoms with E-state index in [4.69, 9.17) is 11.6 Å². The fourth-order valence-electron chi connectivity index (χ4n) is 0.784. The molecule has 1 aromatic rings. The quantitative estimate of drug-likeness (QED) is 0.477. The Kier molecular flexibility index (Phi) is 3.55. The molecule has 0 spiro atoms. The predicted octanol–water partition coefficient (Wildman–Crippen LogP) is 3.09. The van der Waals surface area contributed by atoms with Crippen molar-refractivity contribution in [1.29, 1.82) is 0 Å². The van der Waals surface area contributed by atoms with E-state index in [0.717, 1.165) is 6.20 Å². The number of nitrogens with zero attached hydrogens (tertiary/aromatic N) is 1. The van der Waals surface area contributed by atoms with E-state index in [1.54, 1.807) is 22.6 Å². The molecule has 0 aliphatic heterocycles. The number of carbonyl (C=O) groups is 1. The molecule has 6 heteroatoms. The monoisotopic (exact) mass is 317 g/mol. The minimum absolute atomic E-state index is 0.0200. The SMILES string of the molecule is O=Cc1c(C(F)F)cnc(I)c1Cl. The van der Waals surface area contributed by atoms with Gasteiger partial charge in [-0.2, -0.15) is 0 Å². The van der Waals surface area contributed by atoms with Crippen LogP contribution < -0.4 is 0 Å². The van der Waals surface area contributed by atoms with E-state index in [1.165, 1.54) is 0 Å². The van der Waals surface area contributed by atoms with Crippen molar-refractivity contribution in [3.8, 4) is 0 Å². The van der Waals surface area contributed by atoms with Crippen molar-refractivity contribution in [2.75, 3.05) is 0 Å². The van der Waals surface area contributed by atoms with Gasteiger partial charge in [-0.3, -0.25) is 4.79 Å². The highest BCUT2D eigenvalue weighted by Gasteiger charge is 2.17. The van der Waals surface area contributed by atoms with Crippen LogP contribution in [0.5, 0.6) is 0 Å². The normalized spacial score (nSPS) is 10.5. The molecule has 2 nitrogen and oxygen atoms in total. The van der Waals surface area contributed by atoms with Crippen molar-refractivity contribution in [2.45, 2.75) is 6.43 Å². The zero-order valence-electron chi connectivity index (χ0n) is 6.10. The molecule has 1 rings (SSSR count). The van der Waals surface area contributed by atoms with Crippen LogP contribution in [0.2, 0.25) is 5.02 Å². The molecular weight excluding hydrogens is 314 g/mol. The molecular formula is C7H3ClF2INO. The molecule has 0 bridgehead atoms. The summed E-state index contributed by atoms with van der Waals surface area (Å²) < 4.78 is 24.9. The van der Waals surface area contributed by atoms with Gasteiger partial charge in [0, 0.05) is 17.3 Å². The average molecular weight is 317 g/mol. The molecule has 0 atom stereocenters. The Morgan fingerprint density at radius 3 is 2.69 bits per heavy atom. The van der Waals surface area contributed by atoms with Crippen LogP contribution in [0.25, 0.3) is 0 Å². The van der Waals surface area contributed by atoms with Crippen LogP contribution in [0.3, 0.4) is 0 Å². The summed E-state index contributed by atoms with van der Waals surface area (Å²) in [5.41, 5.74) is -0.614. The summed E-state index contributed by atoms with van der Waals surface area (Å²) in [6.07, 6.45) is -1.46. The smallest absolute Gasteiger partial charge is 0.266 e. The second-order valence-electron chi connectivity index (χ2n) is 2.15. The topological polar surface area (TPSA) is 30.0 Å². The van der Waals surface area contributed by atoms with Gasteiger partial charge in [-0.15, -0.1) is 0 Å². The predicted molar refractivity (Wildman–Crippen MR) is 52.3 cm³/mol. The zero-order valence-corrected chi connectivity index (χ0v) is 9.01. The van der Waals surface area contributed by atoms with Crippen LogP contribution in [0.15, 0.2) is 6.20 Å². The number of alkyl halides is 2. The lowest BCUT2D eigenvalue weighted by Crippen LogP contribution is -1.98. The Labute approximate surface area is 91.4 Å². The Morgan fingerprint density at radius 1 is 1.62 bits per heavy atom. The number of pyridine rings is 1. The Morgan fingerprint density at radius 2 is 2.23 bits per heavy atom. The molecule has 0 saturated carbocycles. The zero-order chi connectivity index (χ0) is 10.0. The van der Waals surface area contributed by atoms with Crippen LogP contribution in [0.1, 0.15) is 22.3 Å². The van der Waals surface area contributed by atoms with E-state index in [9.17, 15) is 13.6 Å². The molecule has 70 valence electrons. The highest BCUT2D eigenvalue weighted by atomic mass is 127. The van der Waals surface area contributed by atoms with Crippen molar-refractivity contribution < 1.29 is 13.6 Å². The summed E-state index contributed by atoms with van der Waals surface area (Å²) in [5, 5.41) is -0.0200. The van der Waals surface area contributed by atoms with Crippen LogP contribution in [-0.2, 0) is 0 Å². The lowest BCUT2D eigenvalue weighted by Gasteiger charge is -2.05. The standard InChI is InChI=1S/C7H3ClF2INO/c8-5-4(2-13)3(6(9)10)1-12-7(5)11/h1-2,6H. The first-order valence-electron chi connectivity index (χ1n) is 3.15. The summed E-state index contributed by atoms with van der Waals surface area (Å²) in [6, 6.07) is 0. The first kappa shape index (κ1) is 10.8. The molecule has 1 aromatic heterocycles. The fraction of sp³-hybridized carbons (Fsp3) is 0.143. The van der Waals surface area contributed by atoms with Gasteiger partial charge in [0.1, 0.15) is 3.70 Å². The minimum Gasteiger partial charge on any atom is -0.298 e. The summed E-state index contributed by atoms with van der Waals surface area (Å²) in [6.45, 7) is 0. The van der Waals surface area contributed by atoms with Gasteiger partial charge in [0.25, 0.3) is 6.43 Å². The van der Waals surface area contributed by atoms with Crippen molar-refractivity contribution in [2.24, 2.45) is 0 Å². The number of aldehydes is 1. The number of rotatable bonds is 2. The van der Waals surface area contributed by atoms with E-state index in [2.05, 4.69) is 4.98 Å².